The van der Waals surface area contributed by atoms with Crippen LogP contribution in [0.4, 0.5) is 0 Å². The molecule has 0 N–H and O–H groups in total. The highest BCUT2D eigenvalue weighted by atomic mass is 28.4. The quantitative estimate of drug-likeness (QED) is 0.489. The van der Waals surface area contributed by atoms with Crippen molar-refractivity contribution in [3.05, 3.63) is 11.6 Å². The van der Waals surface area contributed by atoms with Crippen molar-refractivity contribution in [2.45, 2.75) is 77.5 Å². The van der Waals surface area contributed by atoms with Crippen LogP contribution in [0.25, 0.3) is 0 Å². The fourth-order valence-corrected chi connectivity index (χ4v) is 3.04. The van der Waals surface area contributed by atoms with Crippen molar-refractivity contribution in [2.24, 2.45) is 0 Å². The fraction of sp³-hybridized carbons (Fsp3) is 0.800. The minimum Gasteiger partial charge on any atom is -0.413 e. The first-order valence-electron chi connectivity index (χ1n) is 9.22. The van der Waals surface area contributed by atoms with Crippen molar-refractivity contribution in [3.8, 4) is 11.8 Å². The predicted molar refractivity (Wildman–Crippen MR) is 105 cm³/mol. The van der Waals surface area contributed by atoms with Gasteiger partial charge in [-0.1, -0.05) is 32.6 Å². The molecule has 0 aliphatic carbocycles. The van der Waals surface area contributed by atoms with E-state index < -0.39 is 8.32 Å². The molecule has 0 aromatic heterocycles. The van der Waals surface area contributed by atoms with Crippen LogP contribution in [0.1, 0.15) is 47.0 Å². The van der Waals surface area contributed by atoms with Crippen LogP contribution in [0, 0.1) is 11.8 Å². The highest BCUT2D eigenvalue weighted by molar-refractivity contribution is 6.74. The van der Waals surface area contributed by atoms with Crippen LogP contribution in [-0.4, -0.2) is 47.6 Å². The molecule has 4 nitrogen and oxygen atoms in total. The molecule has 2 atom stereocenters. The summed E-state index contributed by atoms with van der Waals surface area (Å²) < 4.78 is 22.9. The Balaban J connectivity index is 2.43. The molecule has 0 spiro atoms. The van der Waals surface area contributed by atoms with E-state index in [1.54, 1.807) is 7.11 Å². The van der Waals surface area contributed by atoms with Gasteiger partial charge >= 0.3 is 0 Å². The standard InChI is InChI=1S/C20H36O4Si/c1-17(15-23-19-13-8-9-14-22-19)11-10-12-18(21-5)16-24-25(6,7)20(2,3)4/h11,18-19H,8-9,13-16H2,1-7H3/b17-11+/t18-,19?/m1/s1. The molecule has 0 amide bonds. The maximum atomic E-state index is 6.18. The van der Waals surface area contributed by atoms with E-state index in [4.69, 9.17) is 18.6 Å². The fourth-order valence-electron chi connectivity index (χ4n) is 2.04. The summed E-state index contributed by atoms with van der Waals surface area (Å²) in [5.41, 5.74) is 1.09. The van der Waals surface area contributed by atoms with Crippen molar-refractivity contribution >= 4 is 8.32 Å². The number of allylic oxidation sites excluding steroid dienone is 1. The van der Waals surface area contributed by atoms with E-state index in [2.05, 4.69) is 45.7 Å². The molecule has 1 saturated heterocycles. The lowest BCUT2D eigenvalue weighted by Gasteiger charge is -2.36. The van der Waals surface area contributed by atoms with Crippen molar-refractivity contribution in [1.29, 1.82) is 0 Å². The van der Waals surface area contributed by atoms with E-state index in [0.29, 0.717) is 13.2 Å². The molecule has 0 aromatic carbocycles. The Morgan fingerprint density at radius 1 is 1.32 bits per heavy atom. The lowest BCUT2D eigenvalue weighted by atomic mass is 10.2. The number of methoxy groups -OCH3 is 1. The van der Waals surface area contributed by atoms with Gasteiger partial charge < -0.3 is 18.6 Å². The Morgan fingerprint density at radius 3 is 2.60 bits per heavy atom. The van der Waals surface area contributed by atoms with Crippen LogP contribution in [0.5, 0.6) is 0 Å². The minimum atomic E-state index is -1.77. The van der Waals surface area contributed by atoms with Gasteiger partial charge in [0.25, 0.3) is 0 Å². The van der Waals surface area contributed by atoms with Gasteiger partial charge in [0.15, 0.2) is 14.6 Å². The number of hydrogen-bond donors (Lipinski definition) is 0. The first kappa shape index (κ1) is 22.4. The van der Waals surface area contributed by atoms with Gasteiger partial charge in [0.1, 0.15) is 6.10 Å². The van der Waals surface area contributed by atoms with E-state index in [0.717, 1.165) is 25.0 Å². The predicted octanol–water partition coefficient (Wildman–Crippen LogP) is 4.52. The lowest BCUT2D eigenvalue weighted by molar-refractivity contribution is -0.156. The van der Waals surface area contributed by atoms with Crippen molar-refractivity contribution in [3.63, 3.8) is 0 Å². The van der Waals surface area contributed by atoms with Gasteiger partial charge in [-0.05, 0) is 56.0 Å². The Hall–Kier alpha value is -0.643. The normalized spacial score (nSPS) is 20.8. The zero-order valence-electron chi connectivity index (χ0n) is 17.1. The third kappa shape index (κ3) is 8.52. The molecule has 0 radical (unpaired) electrons. The summed E-state index contributed by atoms with van der Waals surface area (Å²) in [7, 11) is -0.0990. The minimum absolute atomic E-state index is 0.0604. The summed E-state index contributed by atoms with van der Waals surface area (Å²) in [6, 6.07) is 0. The summed E-state index contributed by atoms with van der Waals surface area (Å²) in [5.74, 6) is 6.20. The van der Waals surface area contributed by atoms with Gasteiger partial charge in [-0.25, -0.2) is 0 Å². The summed E-state index contributed by atoms with van der Waals surface area (Å²) >= 11 is 0. The topological polar surface area (TPSA) is 36.9 Å². The Bertz CT molecular complexity index is 476. The smallest absolute Gasteiger partial charge is 0.192 e. The van der Waals surface area contributed by atoms with Crippen LogP contribution in [-0.2, 0) is 18.6 Å². The second-order valence-electron chi connectivity index (χ2n) is 8.18. The molecule has 0 saturated carbocycles. The average molecular weight is 369 g/mol. The zero-order chi connectivity index (χ0) is 18.9. The highest BCUT2D eigenvalue weighted by Crippen LogP contribution is 2.36. The molecule has 0 aromatic rings. The third-order valence-electron chi connectivity index (χ3n) is 4.88. The first-order valence-corrected chi connectivity index (χ1v) is 12.1. The van der Waals surface area contributed by atoms with E-state index in [9.17, 15) is 0 Å². The first-order chi connectivity index (χ1) is 11.7. The largest absolute Gasteiger partial charge is 0.413 e. The van der Waals surface area contributed by atoms with Gasteiger partial charge in [-0.15, -0.1) is 0 Å². The van der Waals surface area contributed by atoms with E-state index in [1.165, 1.54) is 6.42 Å². The van der Waals surface area contributed by atoms with Crippen LogP contribution in [0.15, 0.2) is 11.6 Å². The second-order valence-corrected chi connectivity index (χ2v) is 13.0. The summed E-state index contributed by atoms with van der Waals surface area (Å²) in [4.78, 5) is 0. The van der Waals surface area contributed by atoms with Crippen molar-refractivity contribution < 1.29 is 18.6 Å². The third-order valence-corrected chi connectivity index (χ3v) is 9.38. The molecule has 5 heteroatoms. The van der Waals surface area contributed by atoms with Gasteiger partial charge in [0.2, 0.25) is 0 Å². The molecular weight excluding hydrogens is 332 g/mol. The van der Waals surface area contributed by atoms with E-state index in [-0.39, 0.29) is 17.4 Å². The van der Waals surface area contributed by atoms with Gasteiger partial charge in [0.05, 0.1) is 13.2 Å². The zero-order valence-corrected chi connectivity index (χ0v) is 18.1. The van der Waals surface area contributed by atoms with Crippen LogP contribution in [0.2, 0.25) is 18.1 Å². The van der Waals surface area contributed by atoms with Gasteiger partial charge in [-0.2, -0.15) is 0 Å². The number of hydrogen-bond acceptors (Lipinski definition) is 4. The van der Waals surface area contributed by atoms with E-state index in [1.807, 2.05) is 13.0 Å². The number of ether oxygens (including phenoxy) is 3. The molecule has 1 aliphatic rings. The van der Waals surface area contributed by atoms with Crippen molar-refractivity contribution in [1.82, 2.24) is 0 Å². The molecule has 1 rings (SSSR count). The summed E-state index contributed by atoms with van der Waals surface area (Å²) in [6.07, 6.45) is 4.92. The molecule has 1 heterocycles. The molecule has 144 valence electrons. The van der Waals surface area contributed by atoms with Crippen LogP contribution >= 0.6 is 0 Å². The molecule has 1 aliphatic heterocycles. The second kappa shape index (κ2) is 10.5. The van der Waals surface area contributed by atoms with Crippen LogP contribution < -0.4 is 0 Å². The van der Waals surface area contributed by atoms with Gasteiger partial charge in [0, 0.05) is 13.7 Å². The molecule has 1 fully saturated rings. The Kier molecular flexibility index (Phi) is 9.40. The summed E-state index contributed by atoms with van der Waals surface area (Å²) in [5, 5.41) is 0.188. The maximum Gasteiger partial charge on any atom is 0.192 e. The lowest BCUT2D eigenvalue weighted by Crippen LogP contribution is -2.42. The SMILES string of the molecule is CO[C@H](C#C/C=C(\C)COC1CCCCO1)CO[Si](C)(C)C(C)(C)C. The molecule has 25 heavy (non-hydrogen) atoms. The monoisotopic (exact) mass is 368 g/mol. The molecule has 0 bridgehead atoms. The van der Waals surface area contributed by atoms with E-state index >= 15 is 0 Å². The molecule has 1 unspecified atom stereocenters. The van der Waals surface area contributed by atoms with Crippen LogP contribution in [0.3, 0.4) is 0 Å². The number of rotatable bonds is 7. The van der Waals surface area contributed by atoms with Crippen molar-refractivity contribution in [2.75, 3.05) is 26.9 Å². The molecular formula is C20H36O4Si. The highest BCUT2D eigenvalue weighted by Gasteiger charge is 2.37. The summed E-state index contributed by atoms with van der Waals surface area (Å²) in [6.45, 7) is 15.1. The Morgan fingerprint density at radius 2 is 2.04 bits per heavy atom. The average Bonchev–Trinajstić information content (AvgIpc) is 2.56. The Labute approximate surface area is 155 Å². The van der Waals surface area contributed by atoms with Gasteiger partial charge in [-0.3, -0.25) is 0 Å². The maximum absolute atomic E-state index is 6.18.